The zero-order valence-electron chi connectivity index (χ0n) is 9.00. The van der Waals surface area contributed by atoms with Gasteiger partial charge in [-0.05, 0) is 20.0 Å². The first kappa shape index (κ1) is 12.4. The minimum Gasteiger partial charge on any atom is -0.353 e. The number of likely N-dealkylation sites (N-methyl/N-ethyl adjacent to an activating group) is 1. The fourth-order valence-corrected chi connectivity index (χ4v) is 0.823. The van der Waals surface area contributed by atoms with Gasteiger partial charge in [0.2, 0.25) is 5.91 Å². The highest BCUT2D eigenvalue weighted by molar-refractivity contribution is 5.81. The molecule has 0 fully saturated rings. The monoisotopic (exact) mass is 187 g/mol. The molecule has 0 aromatic heterocycles. The van der Waals surface area contributed by atoms with Gasteiger partial charge in [0.1, 0.15) is 0 Å². The molecule has 3 N–H and O–H groups in total. The molecule has 0 rings (SSSR count). The van der Waals surface area contributed by atoms with Crippen LogP contribution in [0.5, 0.6) is 0 Å². The third kappa shape index (κ3) is 5.60. The molecule has 4 heteroatoms. The fourth-order valence-electron chi connectivity index (χ4n) is 0.823. The third-order valence-electron chi connectivity index (χ3n) is 1.88. The summed E-state index contributed by atoms with van der Waals surface area (Å²) in [6.07, 6.45) is 0. The molecule has 0 aliphatic carbocycles. The van der Waals surface area contributed by atoms with Gasteiger partial charge in [0.25, 0.3) is 0 Å². The van der Waals surface area contributed by atoms with Crippen molar-refractivity contribution >= 4 is 5.91 Å². The van der Waals surface area contributed by atoms with Gasteiger partial charge >= 0.3 is 0 Å². The van der Waals surface area contributed by atoms with Crippen molar-refractivity contribution in [2.24, 2.45) is 11.7 Å². The Balaban J connectivity index is 3.62. The van der Waals surface area contributed by atoms with Crippen LogP contribution < -0.4 is 11.1 Å². The van der Waals surface area contributed by atoms with Crippen LogP contribution in [0.3, 0.4) is 0 Å². The molecule has 0 heterocycles. The van der Waals surface area contributed by atoms with Crippen LogP contribution in [0.1, 0.15) is 13.8 Å². The normalized spacial score (nSPS) is 13.5. The first-order valence-corrected chi connectivity index (χ1v) is 4.63. The molecular formula is C9H21N3O. The molecule has 0 saturated carbocycles. The van der Waals surface area contributed by atoms with E-state index in [0.29, 0.717) is 6.54 Å². The van der Waals surface area contributed by atoms with E-state index in [9.17, 15) is 4.79 Å². The lowest BCUT2D eigenvalue weighted by Crippen LogP contribution is -2.45. The largest absolute Gasteiger partial charge is 0.353 e. The van der Waals surface area contributed by atoms with Crippen LogP contribution in [0.2, 0.25) is 0 Å². The Morgan fingerprint density at radius 3 is 2.38 bits per heavy atom. The van der Waals surface area contributed by atoms with E-state index in [2.05, 4.69) is 5.32 Å². The number of nitrogens with one attached hydrogen (secondary N) is 1. The van der Waals surface area contributed by atoms with E-state index in [1.807, 2.05) is 32.8 Å². The van der Waals surface area contributed by atoms with E-state index in [1.165, 1.54) is 0 Å². The average Bonchev–Trinajstić information content (AvgIpc) is 2.02. The highest BCUT2D eigenvalue weighted by atomic mass is 16.2. The summed E-state index contributed by atoms with van der Waals surface area (Å²) in [5.74, 6) is 0.135. The summed E-state index contributed by atoms with van der Waals surface area (Å²) < 4.78 is 0. The summed E-state index contributed by atoms with van der Waals surface area (Å²) >= 11 is 0. The van der Waals surface area contributed by atoms with Gasteiger partial charge in [-0.1, -0.05) is 13.8 Å². The maximum Gasteiger partial charge on any atom is 0.237 e. The zero-order valence-corrected chi connectivity index (χ0v) is 9.00. The van der Waals surface area contributed by atoms with Crippen molar-refractivity contribution in [2.75, 3.05) is 27.2 Å². The average molecular weight is 187 g/mol. The maximum absolute atomic E-state index is 11.3. The van der Waals surface area contributed by atoms with Crippen molar-refractivity contribution in [3.05, 3.63) is 0 Å². The predicted octanol–water partition coefficient (Wildman–Crippen LogP) is -0.352. The van der Waals surface area contributed by atoms with E-state index in [-0.39, 0.29) is 17.9 Å². The molecule has 0 radical (unpaired) electrons. The smallest absolute Gasteiger partial charge is 0.237 e. The molecular weight excluding hydrogens is 166 g/mol. The quantitative estimate of drug-likeness (QED) is 0.618. The van der Waals surface area contributed by atoms with Crippen molar-refractivity contribution in [3.8, 4) is 0 Å². The number of carbonyl (C=O) groups excluding carboxylic acids is 1. The van der Waals surface area contributed by atoms with Crippen molar-refractivity contribution in [1.82, 2.24) is 10.2 Å². The molecule has 0 unspecified atom stereocenters. The van der Waals surface area contributed by atoms with Crippen molar-refractivity contribution in [3.63, 3.8) is 0 Å². The Bertz CT molecular complexity index is 157. The number of nitrogens with two attached hydrogens (primary N) is 1. The second kappa shape index (κ2) is 5.94. The zero-order chi connectivity index (χ0) is 10.4. The van der Waals surface area contributed by atoms with Crippen molar-refractivity contribution < 1.29 is 4.79 Å². The second-order valence-corrected chi connectivity index (χ2v) is 3.86. The van der Waals surface area contributed by atoms with E-state index >= 15 is 0 Å². The van der Waals surface area contributed by atoms with Gasteiger partial charge in [-0.15, -0.1) is 0 Å². The van der Waals surface area contributed by atoms with Crippen LogP contribution in [-0.2, 0) is 4.79 Å². The molecule has 4 nitrogen and oxygen atoms in total. The number of carbonyl (C=O) groups is 1. The molecule has 0 spiro atoms. The van der Waals surface area contributed by atoms with Crippen LogP contribution >= 0.6 is 0 Å². The van der Waals surface area contributed by atoms with Gasteiger partial charge in [-0.2, -0.15) is 0 Å². The lowest BCUT2D eigenvalue weighted by atomic mass is 10.1. The molecule has 1 atom stereocenters. The topological polar surface area (TPSA) is 58.4 Å². The Kier molecular flexibility index (Phi) is 5.66. The Morgan fingerprint density at radius 1 is 1.46 bits per heavy atom. The molecule has 0 aromatic carbocycles. The Labute approximate surface area is 80.5 Å². The van der Waals surface area contributed by atoms with Crippen LogP contribution in [0.15, 0.2) is 0 Å². The summed E-state index contributed by atoms with van der Waals surface area (Å²) in [6.45, 7) is 5.38. The highest BCUT2D eigenvalue weighted by Gasteiger charge is 2.15. The summed E-state index contributed by atoms with van der Waals surface area (Å²) in [4.78, 5) is 13.3. The van der Waals surface area contributed by atoms with E-state index in [1.54, 1.807) is 0 Å². The Hall–Kier alpha value is -0.610. The summed E-state index contributed by atoms with van der Waals surface area (Å²) in [7, 11) is 3.93. The third-order valence-corrected chi connectivity index (χ3v) is 1.88. The highest BCUT2D eigenvalue weighted by Crippen LogP contribution is 1.97. The lowest BCUT2D eigenvalue weighted by molar-refractivity contribution is -0.123. The fraction of sp³-hybridized carbons (Fsp3) is 0.889. The first-order chi connectivity index (χ1) is 5.95. The molecule has 0 bridgehead atoms. The lowest BCUT2D eigenvalue weighted by Gasteiger charge is -2.16. The SMILES string of the molecule is CC(C)[C@H](N)C(=O)NCCN(C)C. The van der Waals surface area contributed by atoms with Crippen LogP contribution in [0.25, 0.3) is 0 Å². The van der Waals surface area contributed by atoms with E-state index in [0.717, 1.165) is 6.54 Å². The standard InChI is InChI=1S/C9H21N3O/c1-7(2)8(10)9(13)11-5-6-12(3)4/h7-8H,5-6,10H2,1-4H3,(H,11,13)/t8-/m0/s1. The second-order valence-electron chi connectivity index (χ2n) is 3.86. The molecule has 0 saturated heterocycles. The molecule has 13 heavy (non-hydrogen) atoms. The van der Waals surface area contributed by atoms with Crippen LogP contribution in [0, 0.1) is 5.92 Å². The molecule has 0 aromatic rings. The minimum atomic E-state index is -0.387. The number of amides is 1. The van der Waals surface area contributed by atoms with Crippen molar-refractivity contribution in [1.29, 1.82) is 0 Å². The van der Waals surface area contributed by atoms with Gasteiger partial charge in [0, 0.05) is 13.1 Å². The van der Waals surface area contributed by atoms with Gasteiger partial charge in [0.15, 0.2) is 0 Å². The summed E-state index contributed by atoms with van der Waals surface area (Å²) in [5, 5.41) is 2.79. The molecule has 78 valence electrons. The molecule has 0 aliphatic rings. The summed E-state index contributed by atoms with van der Waals surface area (Å²) in [5.41, 5.74) is 5.65. The molecule has 0 aliphatic heterocycles. The van der Waals surface area contributed by atoms with Crippen LogP contribution in [-0.4, -0.2) is 44.0 Å². The first-order valence-electron chi connectivity index (χ1n) is 4.63. The van der Waals surface area contributed by atoms with E-state index in [4.69, 9.17) is 5.73 Å². The maximum atomic E-state index is 11.3. The minimum absolute atomic E-state index is 0.0585. The van der Waals surface area contributed by atoms with E-state index < -0.39 is 0 Å². The van der Waals surface area contributed by atoms with Crippen molar-refractivity contribution in [2.45, 2.75) is 19.9 Å². The Morgan fingerprint density at radius 2 is 2.00 bits per heavy atom. The number of rotatable bonds is 5. The van der Waals surface area contributed by atoms with Gasteiger partial charge in [0.05, 0.1) is 6.04 Å². The molecule has 1 amide bonds. The van der Waals surface area contributed by atoms with Crippen LogP contribution in [0.4, 0.5) is 0 Å². The number of nitrogens with zero attached hydrogens (tertiary/aromatic N) is 1. The number of hydrogen-bond acceptors (Lipinski definition) is 3. The van der Waals surface area contributed by atoms with Gasteiger partial charge in [-0.25, -0.2) is 0 Å². The summed E-state index contributed by atoms with van der Waals surface area (Å²) in [6, 6.07) is -0.387. The predicted molar refractivity (Wildman–Crippen MR) is 54.4 cm³/mol. The number of hydrogen-bond donors (Lipinski definition) is 2. The van der Waals surface area contributed by atoms with Gasteiger partial charge < -0.3 is 16.0 Å². The van der Waals surface area contributed by atoms with Gasteiger partial charge in [-0.3, -0.25) is 4.79 Å².